The molecule has 1 aliphatic heterocycles. The number of rotatable bonds is 3. The van der Waals surface area contributed by atoms with Crippen molar-refractivity contribution in [2.24, 2.45) is 5.92 Å². The Morgan fingerprint density at radius 2 is 1.94 bits per heavy atom. The minimum absolute atomic E-state index is 0.501. The molecule has 0 aliphatic carbocycles. The van der Waals surface area contributed by atoms with Crippen molar-refractivity contribution < 1.29 is 0 Å². The second-order valence-electron chi connectivity index (χ2n) is 5.39. The lowest BCUT2D eigenvalue weighted by Crippen LogP contribution is -2.29. The van der Waals surface area contributed by atoms with E-state index in [1.165, 1.54) is 25.1 Å². The van der Waals surface area contributed by atoms with E-state index >= 15 is 0 Å². The molecular weight excluding hydrogens is 210 g/mol. The van der Waals surface area contributed by atoms with Crippen molar-refractivity contribution in [1.82, 2.24) is 9.80 Å². The zero-order valence-electron chi connectivity index (χ0n) is 11.1. The molecule has 2 unspecified atom stereocenters. The van der Waals surface area contributed by atoms with Crippen molar-refractivity contribution in [3.8, 4) is 0 Å². The fraction of sp³-hybridized carbons (Fsp3) is 0.571. The van der Waals surface area contributed by atoms with Crippen LogP contribution in [0.5, 0.6) is 0 Å². The monoisotopic (exact) mass is 233 g/mol. The van der Waals surface area contributed by atoms with Crippen LogP contribution in [0.4, 0.5) is 5.69 Å². The fourth-order valence-corrected chi connectivity index (χ4v) is 2.91. The van der Waals surface area contributed by atoms with Crippen LogP contribution in [0.25, 0.3) is 0 Å². The lowest BCUT2D eigenvalue weighted by Gasteiger charge is -2.30. The fourth-order valence-electron chi connectivity index (χ4n) is 2.91. The van der Waals surface area contributed by atoms with E-state index in [2.05, 4.69) is 43.1 Å². The topological polar surface area (TPSA) is 32.5 Å². The first-order valence-electron chi connectivity index (χ1n) is 6.28. The van der Waals surface area contributed by atoms with Gasteiger partial charge in [-0.05, 0) is 57.7 Å². The number of hydrogen-bond acceptors (Lipinski definition) is 3. The van der Waals surface area contributed by atoms with Gasteiger partial charge in [0.15, 0.2) is 0 Å². The van der Waals surface area contributed by atoms with Crippen LogP contribution in [-0.2, 0) is 0 Å². The molecule has 17 heavy (non-hydrogen) atoms. The minimum atomic E-state index is 0.501. The summed E-state index contributed by atoms with van der Waals surface area (Å²) >= 11 is 0. The maximum absolute atomic E-state index is 5.76. The number of likely N-dealkylation sites (tertiary alicyclic amines) is 1. The Bertz CT molecular complexity index is 358. The first-order valence-corrected chi connectivity index (χ1v) is 6.28. The van der Waals surface area contributed by atoms with Crippen LogP contribution in [-0.4, -0.2) is 44.0 Å². The largest absolute Gasteiger partial charge is 0.399 e. The summed E-state index contributed by atoms with van der Waals surface area (Å²) in [6, 6.07) is 8.84. The molecular formula is C14H23N3. The van der Waals surface area contributed by atoms with Gasteiger partial charge in [0.05, 0.1) is 0 Å². The molecule has 0 aromatic heterocycles. The molecule has 1 saturated heterocycles. The molecule has 3 nitrogen and oxygen atoms in total. The molecule has 2 atom stereocenters. The van der Waals surface area contributed by atoms with Crippen molar-refractivity contribution in [2.75, 3.05) is 40.0 Å². The van der Waals surface area contributed by atoms with Crippen molar-refractivity contribution in [3.05, 3.63) is 29.8 Å². The summed E-state index contributed by atoms with van der Waals surface area (Å²) < 4.78 is 0. The quantitative estimate of drug-likeness (QED) is 0.808. The molecule has 0 amide bonds. The second kappa shape index (κ2) is 5.07. The highest BCUT2D eigenvalue weighted by Crippen LogP contribution is 2.33. The lowest BCUT2D eigenvalue weighted by molar-refractivity contribution is 0.213. The first kappa shape index (κ1) is 12.4. The molecule has 0 bridgehead atoms. The maximum Gasteiger partial charge on any atom is 0.0382 e. The van der Waals surface area contributed by atoms with Gasteiger partial charge < -0.3 is 15.5 Å². The zero-order chi connectivity index (χ0) is 12.4. The van der Waals surface area contributed by atoms with Crippen LogP contribution in [0.15, 0.2) is 24.3 Å². The second-order valence-corrected chi connectivity index (χ2v) is 5.39. The molecule has 1 fully saturated rings. The van der Waals surface area contributed by atoms with Gasteiger partial charge in [-0.25, -0.2) is 0 Å². The third-order valence-electron chi connectivity index (χ3n) is 3.71. The summed E-state index contributed by atoms with van der Waals surface area (Å²) in [6.45, 7) is 2.40. The standard InChI is InChI=1S/C14H23N3/c1-16(2)14(12-8-9-17(3)10-12)11-4-6-13(15)7-5-11/h4-7,12,14H,8-10,15H2,1-3H3. The van der Waals surface area contributed by atoms with Gasteiger partial charge in [0.1, 0.15) is 0 Å². The SMILES string of the molecule is CN1CCC(C(c2ccc(N)cc2)N(C)C)C1. The van der Waals surface area contributed by atoms with Gasteiger partial charge in [0, 0.05) is 18.3 Å². The molecule has 3 heteroatoms. The average molecular weight is 233 g/mol. The zero-order valence-corrected chi connectivity index (χ0v) is 11.1. The first-order chi connectivity index (χ1) is 8.08. The van der Waals surface area contributed by atoms with Crippen LogP contribution in [0.1, 0.15) is 18.0 Å². The number of nitrogens with zero attached hydrogens (tertiary/aromatic N) is 2. The average Bonchev–Trinajstić information content (AvgIpc) is 2.68. The predicted octanol–water partition coefficient (Wildman–Crippen LogP) is 1.82. The molecule has 1 aliphatic rings. The number of nitrogens with two attached hydrogens (primary N) is 1. The predicted molar refractivity (Wildman–Crippen MR) is 72.9 cm³/mol. The summed E-state index contributed by atoms with van der Waals surface area (Å²) in [5, 5.41) is 0. The Hall–Kier alpha value is -1.06. The summed E-state index contributed by atoms with van der Waals surface area (Å²) in [6.07, 6.45) is 1.28. The summed E-state index contributed by atoms with van der Waals surface area (Å²) in [5.41, 5.74) is 7.98. The molecule has 1 aromatic carbocycles. The van der Waals surface area contributed by atoms with Crippen LogP contribution in [0.2, 0.25) is 0 Å². The summed E-state index contributed by atoms with van der Waals surface area (Å²) in [4.78, 5) is 4.74. The normalized spacial score (nSPS) is 23.2. The number of benzene rings is 1. The molecule has 0 saturated carbocycles. The number of nitrogen functional groups attached to an aromatic ring is 1. The third kappa shape index (κ3) is 2.79. The van der Waals surface area contributed by atoms with E-state index in [1.54, 1.807) is 0 Å². The highest BCUT2D eigenvalue weighted by Gasteiger charge is 2.30. The van der Waals surface area contributed by atoms with Gasteiger partial charge in [-0.1, -0.05) is 12.1 Å². The number of anilines is 1. The summed E-state index contributed by atoms with van der Waals surface area (Å²) in [5.74, 6) is 0.721. The van der Waals surface area contributed by atoms with Crippen LogP contribution in [0.3, 0.4) is 0 Å². The van der Waals surface area contributed by atoms with E-state index < -0.39 is 0 Å². The highest BCUT2D eigenvalue weighted by atomic mass is 15.2. The van der Waals surface area contributed by atoms with E-state index in [-0.39, 0.29) is 0 Å². The van der Waals surface area contributed by atoms with E-state index in [1.807, 2.05) is 12.1 Å². The molecule has 2 rings (SSSR count). The third-order valence-corrected chi connectivity index (χ3v) is 3.71. The van der Waals surface area contributed by atoms with E-state index in [0.29, 0.717) is 6.04 Å². The lowest BCUT2D eigenvalue weighted by atomic mass is 9.91. The van der Waals surface area contributed by atoms with Gasteiger partial charge in [-0.3, -0.25) is 0 Å². The van der Waals surface area contributed by atoms with Crippen molar-refractivity contribution in [3.63, 3.8) is 0 Å². The Kier molecular flexibility index (Phi) is 3.69. The Morgan fingerprint density at radius 3 is 2.41 bits per heavy atom. The molecule has 2 N–H and O–H groups in total. The Labute approximate surface area is 104 Å². The molecule has 0 radical (unpaired) electrons. The van der Waals surface area contributed by atoms with Crippen molar-refractivity contribution >= 4 is 5.69 Å². The van der Waals surface area contributed by atoms with E-state index in [0.717, 1.165) is 11.6 Å². The van der Waals surface area contributed by atoms with Gasteiger partial charge in [-0.15, -0.1) is 0 Å². The van der Waals surface area contributed by atoms with E-state index in [9.17, 15) is 0 Å². The highest BCUT2D eigenvalue weighted by molar-refractivity contribution is 5.40. The molecule has 0 spiro atoms. The minimum Gasteiger partial charge on any atom is -0.399 e. The van der Waals surface area contributed by atoms with Crippen LogP contribution < -0.4 is 5.73 Å². The van der Waals surface area contributed by atoms with Crippen molar-refractivity contribution in [2.45, 2.75) is 12.5 Å². The maximum atomic E-state index is 5.76. The number of hydrogen-bond donors (Lipinski definition) is 1. The van der Waals surface area contributed by atoms with Crippen LogP contribution in [0, 0.1) is 5.92 Å². The molecule has 1 aromatic rings. The molecule has 94 valence electrons. The van der Waals surface area contributed by atoms with Crippen molar-refractivity contribution in [1.29, 1.82) is 0 Å². The Balaban J connectivity index is 2.20. The van der Waals surface area contributed by atoms with Crippen LogP contribution >= 0.6 is 0 Å². The molecule has 1 heterocycles. The Morgan fingerprint density at radius 1 is 1.29 bits per heavy atom. The van der Waals surface area contributed by atoms with Gasteiger partial charge in [-0.2, -0.15) is 0 Å². The smallest absolute Gasteiger partial charge is 0.0382 e. The van der Waals surface area contributed by atoms with Gasteiger partial charge in [0.2, 0.25) is 0 Å². The van der Waals surface area contributed by atoms with Gasteiger partial charge in [0.25, 0.3) is 0 Å². The summed E-state index contributed by atoms with van der Waals surface area (Å²) in [7, 11) is 6.54. The van der Waals surface area contributed by atoms with Gasteiger partial charge >= 0.3 is 0 Å². The van der Waals surface area contributed by atoms with E-state index in [4.69, 9.17) is 5.73 Å².